The van der Waals surface area contributed by atoms with E-state index in [1.807, 2.05) is 6.92 Å². The highest BCUT2D eigenvalue weighted by molar-refractivity contribution is 6.04. The maximum Gasteiger partial charge on any atom is 0.334 e. The fourth-order valence-corrected chi connectivity index (χ4v) is 3.10. The highest BCUT2D eigenvalue weighted by Crippen LogP contribution is 2.37. The molecule has 27 heavy (non-hydrogen) atoms. The molecule has 1 aliphatic carbocycles. The Kier molecular flexibility index (Phi) is 6.38. The SMILES string of the molecule is C=C1C(=O)O[C@@H]2/C=C(/CO)C(=O)/C=C/[C@](C)(O)C[C@@H](OC(=O)[C@H](C)CC)[C@@H]12. The van der Waals surface area contributed by atoms with Gasteiger partial charge in [0.25, 0.3) is 0 Å². The third kappa shape index (κ3) is 4.73. The van der Waals surface area contributed by atoms with Gasteiger partial charge < -0.3 is 19.7 Å². The van der Waals surface area contributed by atoms with Crippen LogP contribution in [0.25, 0.3) is 0 Å². The third-order valence-electron chi connectivity index (χ3n) is 5.00. The van der Waals surface area contributed by atoms with Crippen molar-refractivity contribution in [2.24, 2.45) is 11.8 Å². The van der Waals surface area contributed by atoms with Crippen molar-refractivity contribution in [3.05, 3.63) is 36.0 Å². The molecule has 1 heterocycles. The highest BCUT2D eigenvalue weighted by Gasteiger charge is 2.46. The van der Waals surface area contributed by atoms with E-state index in [1.54, 1.807) is 6.92 Å². The van der Waals surface area contributed by atoms with Gasteiger partial charge in [0.15, 0.2) is 5.78 Å². The van der Waals surface area contributed by atoms with Crippen LogP contribution in [0.2, 0.25) is 0 Å². The molecule has 2 N–H and O–H groups in total. The number of rotatable bonds is 4. The fourth-order valence-electron chi connectivity index (χ4n) is 3.10. The number of aliphatic hydroxyl groups is 2. The van der Waals surface area contributed by atoms with Crippen LogP contribution in [0.15, 0.2) is 36.0 Å². The lowest BCUT2D eigenvalue weighted by Gasteiger charge is -2.32. The topological polar surface area (TPSA) is 110 Å². The van der Waals surface area contributed by atoms with Crippen molar-refractivity contribution in [1.82, 2.24) is 0 Å². The summed E-state index contributed by atoms with van der Waals surface area (Å²) in [5, 5.41) is 20.2. The number of hydrogen-bond acceptors (Lipinski definition) is 7. The van der Waals surface area contributed by atoms with Gasteiger partial charge >= 0.3 is 11.9 Å². The van der Waals surface area contributed by atoms with E-state index < -0.39 is 48.1 Å². The van der Waals surface area contributed by atoms with Crippen LogP contribution in [-0.2, 0) is 23.9 Å². The molecule has 0 amide bonds. The predicted octanol–water partition coefficient (Wildman–Crippen LogP) is 1.24. The van der Waals surface area contributed by atoms with Crippen LogP contribution in [0.4, 0.5) is 0 Å². The Morgan fingerprint density at radius 3 is 2.74 bits per heavy atom. The molecule has 0 unspecified atom stereocenters. The molecule has 0 aromatic rings. The van der Waals surface area contributed by atoms with Gasteiger partial charge in [0.05, 0.1) is 24.0 Å². The zero-order chi connectivity index (χ0) is 20.4. The minimum absolute atomic E-state index is 0.0217. The molecule has 0 spiro atoms. The monoisotopic (exact) mass is 378 g/mol. The second kappa shape index (κ2) is 8.19. The van der Waals surface area contributed by atoms with Gasteiger partial charge in [0, 0.05) is 17.6 Å². The summed E-state index contributed by atoms with van der Waals surface area (Å²) in [6.45, 7) is 8.24. The molecule has 1 fully saturated rings. The maximum absolute atomic E-state index is 12.4. The molecular formula is C20H26O7. The van der Waals surface area contributed by atoms with E-state index in [0.29, 0.717) is 6.42 Å². The summed E-state index contributed by atoms with van der Waals surface area (Å²) in [6, 6.07) is 0. The Balaban J connectivity index is 2.50. The van der Waals surface area contributed by atoms with Gasteiger partial charge in [0.1, 0.15) is 12.2 Å². The first-order chi connectivity index (χ1) is 12.6. The average Bonchev–Trinajstić information content (AvgIpc) is 2.89. The summed E-state index contributed by atoms with van der Waals surface area (Å²) in [5.74, 6) is -2.73. The molecule has 0 saturated carbocycles. The number of hydrogen-bond donors (Lipinski definition) is 2. The number of esters is 2. The number of ether oxygens (including phenoxy) is 2. The molecule has 0 bridgehead atoms. The number of carbonyl (C=O) groups excluding carboxylic acids is 3. The molecular weight excluding hydrogens is 352 g/mol. The van der Waals surface area contributed by atoms with Crippen LogP contribution in [-0.4, -0.2) is 52.4 Å². The molecule has 5 atom stereocenters. The Hall–Kier alpha value is -2.25. The van der Waals surface area contributed by atoms with E-state index in [9.17, 15) is 24.6 Å². The molecule has 2 rings (SSSR count). The van der Waals surface area contributed by atoms with Gasteiger partial charge in [-0.25, -0.2) is 4.79 Å². The summed E-state index contributed by atoms with van der Waals surface area (Å²) >= 11 is 0. The van der Waals surface area contributed by atoms with Crippen molar-refractivity contribution in [3.63, 3.8) is 0 Å². The molecule has 7 nitrogen and oxygen atoms in total. The van der Waals surface area contributed by atoms with Gasteiger partial charge in [0.2, 0.25) is 0 Å². The molecule has 1 saturated heterocycles. The van der Waals surface area contributed by atoms with Crippen molar-refractivity contribution in [2.45, 2.75) is 51.4 Å². The standard InChI is InChI=1S/C20H26O7/c1-5-11(2)18(23)27-16-9-20(4,25)7-6-14(22)13(10-21)8-15-17(16)12(3)19(24)26-15/h6-8,11,15-17,21,25H,3,5,9-10H2,1-2,4H3/b7-6+,13-8-/t11-,15-,16-,17+,20+/m1/s1. The molecule has 0 aromatic carbocycles. The number of aliphatic hydroxyl groups excluding tert-OH is 1. The summed E-state index contributed by atoms with van der Waals surface area (Å²) in [4.78, 5) is 36.7. The molecule has 2 aliphatic rings. The second-order valence-corrected chi connectivity index (χ2v) is 7.31. The lowest BCUT2D eigenvalue weighted by molar-refractivity contribution is -0.159. The Morgan fingerprint density at radius 1 is 1.48 bits per heavy atom. The van der Waals surface area contributed by atoms with Gasteiger partial charge in [-0.3, -0.25) is 9.59 Å². The third-order valence-corrected chi connectivity index (χ3v) is 5.00. The largest absolute Gasteiger partial charge is 0.461 e. The Morgan fingerprint density at radius 2 is 2.15 bits per heavy atom. The summed E-state index contributed by atoms with van der Waals surface area (Å²) in [6.07, 6.45) is 2.53. The summed E-state index contributed by atoms with van der Waals surface area (Å²) in [7, 11) is 0. The number of allylic oxidation sites excluding steroid dienone is 1. The van der Waals surface area contributed by atoms with Gasteiger partial charge in [-0.2, -0.15) is 0 Å². The van der Waals surface area contributed by atoms with Crippen molar-refractivity contribution < 1.29 is 34.1 Å². The van der Waals surface area contributed by atoms with Crippen molar-refractivity contribution in [2.75, 3.05) is 6.61 Å². The minimum Gasteiger partial charge on any atom is -0.461 e. The summed E-state index contributed by atoms with van der Waals surface area (Å²) < 4.78 is 10.9. The van der Waals surface area contributed by atoms with Gasteiger partial charge in [-0.05, 0) is 31.6 Å². The zero-order valence-electron chi connectivity index (χ0n) is 15.8. The zero-order valence-corrected chi connectivity index (χ0v) is 15.8. The first kappa shape index (κ1) is 21.1. The van der Waals surface area contributed by atoms with E-state index in [0.717, 1.165) is 6.08 Å². The predicted molar refractivity (Wildman–Crippen MR) is 96.4 cm³/mol. The molecule has 0 aromatic heterocycles. The number of carbonyl (C=O) groups is 3. The second-order valence-electron chi connectivity index (χ2n) is 7.31. The van der Waals surface area contributed by atoms with E-state index in [1.165, 1.54) is 19.1 Å². The quantitative estimate of drug-likeness (QED) is 0.559. The van der Waals surface area contributed by atoms with Crippen LogP contribution < -0.4 is 0 Å². The maximum atomic E-state index is 12.4. The van der Waals surface area contributed by atoms with Crippen molar-refractivity contribution in [3.8, 4) is 0 Å². The van der Waals surface area contributed by atoms with E-state index in [2.05, 4.69) is 6.58 Å². The van der Waals surface area contributed by atoms with Crippen LogP contribution >= 0.6 is 0 Å². The Bertz CT molecular complexity index is 701. The lowest BCUT2D eigenvalue weighted by atomic mass is 9.82. The molecule has 1 aliphatic heterocycles. The van der Waals surface area contributed by atoms with E-state index in [-0.39, 0.29) is 23.5 Å². The normalized spacial score (nSPS) is 35.5. The summed E-state index contributed by atoms with van der Waals surface area (Å²) in [5.41, 5.74) is -1.36. The van der Waals surface area contributed by atoms with Crippen LogP contribution in [0, 0.1) is 11.8 Å². The lowest BCUT2D eigenvalue weighted by Crippen LogP contribution is -2.40. The molecule has 0 radical (unpaired) electrons. The fraction of sp³-hybridized carbons (Fsp3) is 0.550. The minimum atomic E-state index is -1.48. The van der Waals surface area contributed by atoms with Gasteiger partial charge in [-0.15, -0.1) is 0 Å². The van der Waals surface area contributed by atoms with Crippen LogP contribution in [0.5, 0.6) is 0 Å². The smallest absolute Gasteiger partial charge is 0.334 e. The highest BCUT2D eigenvalue weighted by atomic mass is 16.6. The molecule has 7 heteroatoms. The van der Waals surface area contributed by atoms with Gasteiger partial charge in [-0.1, -0.05) is 20.4 Å². The molecule has 148 valence electrons. The number of fused-ring (bicyclic) bond motifs is 1. The Labute approximate surface area is 158 Å². The number of ketones is 1. The average molecular weight is 378 g/mol. The van der Waals surface area contributed by atoms with Crippen LogP contribution in [0.1, 0.15) is 33.6 Å². The van der Waals surface area contributed by atoms with E-state index in [4.69, 9.17) is 9.47 Å². The first-order valence-electron chi connectivity index (χ1n) is 8.97. The van der Waals surface area contributed by atoms with Crippen molar-refractivity contribution >= 4 is 17.7 Å². The van der Waals surface area contributed by atoms with E-state index >= 15 is 0 Å². The van der Waals surface area contributed by atoms with Crippen molar-refractivity contribution in [1.29, 1.82) is 0 Å². The van der Waals surface area contributed by atoms with Crippen LogP contribution in [0.3, 0.4) is 0 Å². The first-order valence-corrected chi connectivity index (χ1v) is 8.97.